The minimum Gasteiger partial charge on any atom is -0.467 e. The van der Waals surface area contributed by atoms with Gasteiger partial charge in [-0.05, 0) is 29.4 Å². The minimum absolute atomic E-state index is 0.00798. The number of aliphatic hydroxyl groups is 1. The Morgan fingerprint density at radius 2 is 1.53 bits per heavy atom. The van der Waals surface area contributed by atoms with Gasteiger partial charge in [0.05, 0.1) is 20.3 Å². The topological polar surface area (TPSA) is 114 Å². The summed E-state index contributed by atoms with van der Waals surface area (Å²) in [5.41, 5.74) is -2.33. The van der Waals surface area contributed by atoms with E-state index in [-0.39, 0.29) is 13.2 Å². The first-order chi connectivity index (χ1) is 17.1. The summed E-state index contributed by atoms with van der Waals surface area (Å²) in [6.07, 6.45) is -0.0449. The summed E-state index contributed by atoms with van der Waals surface area (Å²) in [6, 6.07) is 18.3. The molecule has 36 heavy (non-hydrogen) atoms. The van der Waals surface area contributed by atoms with Crippen LogP contribution in [0.4, 0.5) is 4.79 Å². The van der Waals surface area contributed by atoms with Crippen molar-refractivity contribution in [1.29, 1.82) is 0 Å². The fraction of sp³-hybridized carbons (Fsp3) is 0.444. The highest BCUT2D eigenvalue weighted by atomic mass is 16.7. The first-order valence-electron chi connectivity index (χ1n) is 11.8. The molecule has 1 aliphatic rings. The molecule has 0 aliphatic heterocycles. The Kier molecular flexibility index (Phi) is 8.37. The number of methoxy groups -OCH3 is 1. The normalized spacial score (nSPS) is 15.9. The van der Waals surface area contributed by atoms with Gasteiger partial charge in [-0.25, -0.2) is 14.4 Å². The number of benzene rings is 2. The second kappa shape index (κ2) is 11.1. The lowest BCUT2D eigenvalue weighted by Gasteiger charge is -2.46. The summed E-state index contributed by atoms with van der Waals surface area (Å²) in [7, 11) is 1.22. The molecule has 3 rings (SSSR count). The van der Waals surface area contributed by atoms with E-state index in [0.717, 1.165) is 11.1 Å². The number of nitrogens with one attached hydrogen (secondary N) is 1. The molecule has 0 spiro atoms. The zero-order valence-electron chi connectivity index (χ0n) is 21.2. The number of hydrogen-bond donors (Lipinski definition) is 2. The summed E-state index contributed by atoms with van der Waals surface area (Å²) in [5.74, 6) is -1.50. The van der Waals surface area contributed by atoms with Crippen molar-refractivity contribution in [2.75, 3.05) is 13.7 Å². The van der Waals surface area contributed by atoms with Crippen LogP contribution < -0.4 is 5.32 Å². The van der Waals surface area contributed by atoms with E-state index in [1.54, 1.807) is 20.8 Å². The van der Waals surface area contributed by atoms with Crippen LogP contribution in [0.1, 0.15) is 44.7 Å². The average Bonchev–Trinajstić information content (AvgIpc) is 3.64. The van der Waals surface area contributed by atoms with Crippen LogP contribution >= 0.6 is 0 Å². The first kappa shape index (κ1) is 27.2. The maximum absolute atomic E-state index is 13.4. The number of hydrogen-bond acceptors (Lipinski definition) is 8. The van der Waals surface area contributed by atoms with Crippen molar-refractivity contribution in [2.24, 2.45) is 5.41 Å². The quantitative estimate of drug-likeness (QED) is 0.379. The van der Waals surface area contributed by atoms with E-state index in [0.29, 0.717) is 12.8 Å². The van der Waals surface area contributed by atoms with Gasteiger partial charge in [0.1, 0.15) is 12.1 Å². The lowest BCUT2D eigenvalue weighted by molar-refractivity contribution is -0.258. The van der Waals surface area contributed by atoms with Crippen molar-refractivity contribution < 1.29 is 33.8 Å². The fourth-order valence-electron chi connectivity index (χ4n) is 3.97. The zero-order valence-corrected chi connectivity index (χ0v) is 21.2. The highest BCUT2D eigenvalue weighted by Crippen LogP contribution is 2.41. The van der Waals surface area contributed by atoms with Gasteiger partial charge in [-0.15, -0.1) is 5.06 Å². The van der Waals surface area contributed by atoms with Crippen LogP contribution in [0, 0.1) is 5.41 Å². The van der Waals surface area contributed by atoms with E-state index >= 15 is 0 Å². The molecule has 9 nitrogen and oxygen atoms in total. The molecule has 0 saturated heterocycles. The third kappa shape index (κ3) is 5.85. The molecule has 1 fully saturated rings. The molecule has 0 aromatic heterocycles. The number of alkyl carbamates (subject to hydrolysis) is 1. The molecule has 0 heterocycles. The number of nitrogens with zero attached hydrogens (tertiary/aromatic N) is 1. The van der Waals surface area contributed by atoms with E-state index in [1.807, 2.05) is 60.7 Å². The predicted molar refractivity (Wildman–Crippen MR) is 131 cm³/mol. The average molecular weight is 499 g/mol. The fourth-order valence-corrected chi connectivity index (χ4v) is 3.97. The van der Waals surface area contributed by atoms with Crippen LogP contribution in [0.3, 0.4) is 0 Å². The minimum atomic E-state index is -1.71. The van der Waals surface area contributed by atoms with Gasteiger partial charge < -0.3 is 24.7 Å². The lowest BCUT2D eigenvalue weighted by Crippen LogP contribution is -2.66. The van der Waals surface area contributed by atoms with Crippen molar-refractivity contribution in [3.05, 3.63) is 71.8 Å². The number of hydroxylamine groups is 2. The molecule has 194 valence electrons. The van der Waals surface area contributed by atoms with Gasteiger partial charge in [0.2, 0.25) is 0 Å². The van der Waals surface area contributed by atoms with Gasteiger partial charge >= 0.3 is 18.0 Å². The number of ether oxygens (including phenoxy) is 2. The van der Waals surface area contributed by atoms with Crippen molar-refractivity contribution in [2.45, 2.75) is 57.8 Å². The highest BCUT2D eigenvalue weighted by molar-refractivity contribution is 5.89. The smallest absolute Gasteiger partial charge is 0.408 e. The number of amides is 1. The summed E-state index contributed by atoms with van der Waals surface area (Å²) in [4.78, 5) is 44.7. The molecule has 9 heteroatoms. The number of aliphatic hydroxyl groups excluding tert-OH is 1. The molecule has 0 bridgehead atoms. The lowest BCUT2D eigenvalue weighted by atomic mass is 9.73. The molecule has 1 aliphatic carbocycles. The maximum Gasteiger partial charge on any atom is 0.408 e. The van der Waals surface area contributed by atoms with Crippen LogP contribution in [0.2, 0.25) is 0 Å². The van der Waals surface area contributed by atoms with Crippen molar-refractivity contribution in [3.63, 3.8) is 0 Å². The molecule has 0 unspecified atom stereocenters. The Bertz CT molecular complexity index is 1050. The third-order valence-corrected chi connectivity index (χ3v) is 6.48. The van der Waals surface area contributed by atoms with Crippen LogP contribution in [0.5, 0.6) is 0 Å². The zero-order chi connectivity index (χ0) is 26.4. The highest BCUT2D eigenvalue weighted by Gasteiger charge is 2.59. The van der Waals surface area contributed by atoms with Crippen LogP contribution in [-0.4, -0.2) is 53.0 Å². The molecular formula is C27H34N2O7. The second-order valence-corrected chi connectivity index (χ2v) is 9.93. The Morgan fingerprint density at radius 1 is 0.972 bits per heavy atom. The van der Waals surface area contributed by atoms with Gasteiger partial charge in [-0.1, -0.05) is 81.4 Å². The molecular weight excluding hydrogens is 464 g/mol. The largest absolute Gasteiger partial charge is 0.467 e. The van der Waals surface area contributed by atoms with E-state index in [2.05, 4.69) is 5.32 Å². The molecule has 2 N–H and O–H groups in total. The third-order valence-electron chi connectivity index (χ3n) is 6.48. The standard InChI is InChI=1S/C27H34N2O7/c1-25(2,3)27(19-30,23(32)34-4)29(17-20-11-7-5-8-12-20)36-22(31)26(15-16-26)28-24(33)35-18-21-13-9-6-10-14-21/h5-14,30H,15-19H2,1-4H3,(H,28,33)/t27-/m0/s1. The second-order valence-electron chi connectivity index (χ2n) is 9.93. The summed E-state index contributed by atoms with van der Waals surface area (Å²) in [6.45, 7) is 4.64. The van der Waals surface area contributed by atoms with E-state index in [4.69, 9.17) is 14.3 Å². The summed E-state index contributed by atoms with van der Waals surface area (Å²) < 4.78 is 10.3. The molecule has 2 aromatic carbocycles. The van der Waals surface area contributed by atoms with Crippen molar-refractivity contribution in [1.82, 2.24) is 10.4 Å². The summed E-state index contributed by atoms with van der Waals surface area (Å²) >= 11 is 0. The van der Waals surface area contributed by atoms with E-state index in [1.165, 1.54) is 12.2 Å². The number of carbonyl (C=O) groups excluding carboxylic acids is 3. The Hall–Kier alpha value is -3.43. The molecule has 1 amide bonds. The van der Waals surface area contributed by atoms with Crippen LogP contribution in [0.15, 0.2) is 60.7 Å². The molecule has 0 radical (unpaired) electrons. The Balaban J connectivity index is 1.82. The van der Waals surface area contributed by atoms with E-state index < -0.39 is 41.1 Å². The van der Waals surface area contributed by atoms with Crippen molar-refractivity contribution in [3.8, 4) is 0 Å². The first-order valence-corrected chi connectivity index (χ1v) is 11.8. The molecule has 1 atom stereocenters. The Labute approximate surface area is 211 Å². The molecule has 1 saturated carbocycles. The summed E-state index contributed by atoms with van der Waals surface area (Å²) in [5, 5.41) is 14.3. The van der Waals surface area contributed by atoms with Gasteiger partial charge in [-0.2, -0.15) is 0 Å². The van der Waals surface area contributed by atoms with Gasteiger partial charge in [0.25, 0.3) is 0 Å². The monoisotopic (exact) mass is 498 g/mol. The number of carbonyl (C=O) groups is 3. The van der Waals surface area contributed by atoms with E-state index in [9.17, 15) is 19.5 Å². The number of rotatable bonds is 10. The molecule has 2 aromatic rings. The Morgan fingerprint density at radius 3 is 2.00 bits per heavy atom. The van der Waals surface area contributed by atoms with Gasteiger partial charge in [-0.3, -0.25) is 0 Å². The SMILES string of the molecule is COC(=O)[C@](CO)(N(Cc1ccccc1)OC(=O)C1(NC(=O)OCc2ccccc2)CC1)C(C)(C)C. The van der Waals surface area contributed by atoms with Gasteiger partial charge in [0, 0.05) is 0 Å². The predicted octanol–water partition coefficient (Wildman–Crippen LogP) is 3.36. The maximum atomic E-state index is 13.4. The van der Waals surface area contributed by atoms with Crippen LogP contribution in [-0.2, 0) is 37.1 Å². The number of esters is 1. The van der Waals surface area contributed by atoms with Gasteiger partial charge in [0.15, 0.2) is 5.54 Å². The van der Waals surface area contributed by atoms with Crippen molar-refractivity contribution >= 4 is 18.0 Å². The van der Waals surface area contributed by atoms with Crippen LogP contribution in [0.25, 0.3) is 0 Å².